The van der Waals surface area contributed by atoms with E-state index in [1.165, 1.54) is 6.92 Å². The molecule has 6 nitrogen and oxygen atoms in total. The highest BCUT2D eigenvalue weighted by molar-refractivity contribution is 7.92. The fourth-order valence-electron chi connectivity index (χ4n) is 3.69. The molecule has 1 fully saturated rings. The number of hydrogen-bond acceptors (Lipinski definition) is 5. The fraction of sp³-hybridized carbons (Fsp3) is 0.238. The molecule has 29 heavy (non-hydrogen) atoms. The third-order valence-electron chi connectivity index (χ3n) is 5.03. The molecule has 0 saturated carbocycles. The van der Waals surface area contributed by atoms with Crippen LogP contribution in [0.3, 0.4) is 0 Å². The summed E-state index contributed by atoms with van der Waals surface area (Å²) >= 11 is 5.93. The van der Waals surface area contributed by atoms with Crippen molar-refractivity contribution in [2.24, 2.45) is 0 Å². The summed E-state index contributed by atoms with van der Waals surface area (Å²) in [7, 11) is -3.65. The van der Waals surface area contributed by atoms with E-state index in [0.717, 1.165) is 16.0 Å². The Morgan fingerprint density at radius 1 is 1.07 bits per heavy atom. The number of alkyl halides is 1. The van der Waals surface area contributed by atoms with Crippen molar-refractivity contribution in [1.29, 1.82) is 0 Å². The molecular formula is C21H18ClNO5S. The predicted octanol–water partition coefficient (Wildman–Crippen LogP) is 2.80. The molecular weight excluding hydrogens is 414 g/mol. The van der Waals surface area contributed by atoms with E-state index >= 15 is 0 Å². The van der Waals surface area contributed by atoms with Crippen LogP contribution in [0, 0.1) is 0 Å². The van der Waals surface area contributed by atoms with E-state index in [1.54, 1.807) is 0 Å². The average molecular weight is 432 g/mol. The Morgan fingerprint density at radius 3 is 2.10 bits per heavy atom. The molecule has 0 aromatic heterocycles. The van der Waals surface area contributed by atoms with Crippen LogP contribution < -0.4 is 0 Å². The molecule has 0 unspecified atom stereocenters. The zero-order chi connectivity index (χ0) is 20.8. The quantitative estimate of drug-likeness (QED) is 0.422. The number of fused-ring (bicyclic) bond motifs is 1. The lowest BCUT2D eigenvalue weighted by Gasteiger charge is -2.46. The number of amides is 1. The van der Waals surface area contributed by atoms with E-state index < -0.39 is 38.6 Å². The highest BCUT2D eigenvalue weighted by Gasteiger charge is 2.59. The van der Waals surface area contributed by atoms with Gasteiger partial charge in [0.15, 0.2) is 21.3 Å². The minimum atomic E-state index is -3.65. The van der Waals surface area contributed by atoms with Crippen LogP contribution in [0.5, 0.6) is 0 Å². The summed E-state index contributed by atoms with van der Waals surface area (Å²) in [6, 6.07) is 18.4. The molecule has 150 valence electrons. The number of esters is 1. The van der Waals surface area contributed by atoms with E-state index in [9.17, 15) is 18.0 Å². The second-order valence-corrected chi connectivity index (χ2v) is 9.61. The van der Waals surface area contributed by atoms with E-state index in [0.29, 0.717) is 0 Å². The summed E-state index contributed by atoms with van der Waals surface area (Å²) in [5.74, 6) is -1.70. The van der Waals surface area contributed by atoms with Crippen LogP contribution in [0.15, 0.2) is 71.9 Å². The SMILES string of the molecule is CC1=C(C(=O)OC(c2ccccc2)c2ccccc2)N2C(=O)[C@H](Cl)[C@H]2S(=O)(=O)C1. The first-order valence-corrected chi connectivity index (χ1v) is 11.2. The van der Waals surface area contributed by atoms with Crippen molar-refractivity contribution in [1.82, 2.24) is 4.90 Å². The monoisotopic (exact) mass is 431 g/mol. The van der Waals surface area contributed by atoms with Crippen molar-refractivity contribution >= 4 is 33.3 Å². The topological polar surface area (TPSA) is 80.8 Å². The van der Waals surface area contributed by atoms with E-state index in [-0.39, 0.29) is 17.0 Å². The molecule has 2 aromatic rings. The summed E-state index contributed by atoms with van der Waals surface area (Å²) < 4.78 is 30.6. The summed E-state index contributed by atoms with van der Waals surface area (Å²) in [5, 5.41) is -2.41. The fourth-order valence-corrected chi connectivity index (χ4v) is 6.30. The summed E-state index contributed by atoms with van der Waals surface area (Å²) in [5.41, 5.74) is 1.75. The molecule has 2 heterocycles. The number of sulfone groups is 1. The van der Waals surface area contributed by atoms with E-state index in [2.05, 4.69) is 0 Å². The van der Waals surface area contributed by atoms with Crippen molar-refractivity contribution in [3.8, 4) is 0 Å². The van der Waals surface area contributed by atoms with Gasteiger partial charge >= 0.3 is 5.97 Å². The third-order valence-corrected chi connectivity index (χ3v) is 7.66. The molecule has 2 aliphatic heterocycles. The first kappa shape index (κ1) is 19.7. The number of rotatable bonds is 4. The number of benzene rings is 2. The van der Waals surface area contributed by atoms with Crippen LogP contribution in [0.4, 0.5) is 0 Å². The van der Waals surface area contributed by atoms with Crippen LogP contribution >= 0.6 is 11.6 Å². The molecule has 2 aromatic carbocycles. The number of halogens is 1. The van der Waals surface area contributed by atoms with Gasteiger partial charge in [-0.25, -0.2) is 13.2 Å². The Morgan fingerprint density at radius 2 is 1.59 bits per heavy atom. The zero-order valence-corrected chi connectivity index (χ0v) is 17.1. The average Bonchev–Trinajstić information content (AvgIpc) is 2.71. The minimum absolute atomic E-state index is 0.0383. The Labute approximate surface area is 173 Å². The van der Waals surface area contributed by atoms with Crippen LogP contribution in [-0.4, -0.2) is 41.7 Å². The van der Waals surface area contributed by atoms with Crippen LogP contribution in [0.25, 0.3) is 0 Å². The number of nitrogens with zero attached hydrogens (tertiary/aromatic N) is 1. The summed E-state index contributed by atoms with van der Waals surface area (Å²) in [6.45, 7) is 1.51. The maximum Gasteiger partial charge on any atom is 0.356 e. The van der Waals surface area contributed by atoms with Gasteiger partial charge in [0.1, 0.15) is 11.1 Å². The molecule has 1 amide bonds. The van der Waals surface area contributed by atoms with Gasteiger partial charge in [0.2, 0.25) is 5.91 Å². The van der Waals surface area contributed by atoms with Gasteiger partial charge in [0, 0.05) is 0 Å². The Kier molecular flexibility index (Phi) is 4.96. The van der Waals surface area contributed by atoms with E-state index in [1.807, 2.05) is 60.7 Å². The number of carbonyl (C=O) groups is 2. The lowest BCUT2D eigenvalue weighted by Crippen LogP contribution is -2.68. The maximum absolute atomic E-state index is 13.1. The molecule has 0 radical (unpaired) electrons. The summed E-state index contributed by atoms with van der Waals surface area (Å²) in [4.78, 5) is 26.3. The smallest absolute Gasteiger partial charge is 0.356 e. The molecule has 4 rings (SSSR count). The zero-order valence-electron chi connectivity index (χ0n) is 15.5. The van der Waals surface area contributed by atoms with Crippen molar-refractivity contribution in [2.45, 2.75) is 23.8 Å². The van der Waals surface area contributed by atoms with Crippen LogP contribution in [-0.2, 0) is 24.2 Å². The molecule has 8 heteroatoms. The van der Waals surface area contributed by atoms with E-state index in [4.69, 9.17) is 16.3 Å². The number of β-lactam (4-membered cyclic amide) rings is 1. The molecule has 0 N–H and O–H groups in total. The van der Waals surface area contributed by atoms with Crippen LogP contribution in [0.2, 0.25) is 0 Å². The Hall–Kier alpha value is -2.64. The van der Waals surface area contributed by atoms with Gasteiger partial charge in [0.05, 0.1) is 5.75 Å². The van der Waals surface area contributed by atoms with Crippen molar-refractivity contribution in [3.05, 3.63) is 83.1 Å². The summed E-state index contributed by atoms with van der Waals surface area (Å²) in [6.07, 6.45) is -0.703. The third kappa shape index (κ3) is 3.34. The number of carbonyl (C=O) groups excluding carboxylic acids is 2. The van der Waals surface area contributed by atoms with Crippen molar-refractivity contribution in [3.63, 3.8) is 0 Å². The normalized spacial score (nSPS) is 22.9. The second-order valence-electron chi connectivity index (χ2n) is 7.04. The van der Waals surface area contributed by atoms with Gasteiger partial charge in [-0.3, -0.25) is 9.69 Å². The molecule has 2 atom stereocenters. The Balaban J connectivity index is 1.70. The molecule has 1 saturated heterocycles. The molecule has 0 bridgehead atoms. The largest absolute Gasteiger partial charge is 0.448 e. The second kappa shape index (κ2) is 7.31. The maximum atomic E-state index is 13.1. The first-order valence-electron chi connectivity index (χ1n) is 9.00. The minimum Gasteiger partial charge on any atom is -0.448 e. The van der Waals surface area contributed by atoms with Gasteiger partial charge in [-0.15, -0.1) is 11.6 Å². The molecule has 2 aliphatic rings. The number of hydrogen-bond donors (Lipinski definition) is 0. The van der Waals surface area contributed by atoms with Gasteiger partial charge in [-0.05, 0) is 23.6 Å². The lowest BCUT2D eigenvalue weighted by molar-refractivity contribution is -0.151. The lowest BCUT2D eigenvalue weighted by atomic mass is 10.0. The van der Waals surface area contributed by atoms with Gasteiger partial charge < -0.3 is 4.74 Å². The first-order chi connectivity index (χ1) is 13.8. The van der Waals surface area contributed by atoms with Gasteiger partial charge in [0.25, 0.3) is 0 Å². The molecule has 0 spiro atoms. The van der Waals surface area contributed by atoms with Crippen molar-refractivity contribution < 1.29 is 22.7 Å². The highest BCUT2D eigenvalue weighted by Crippen LogP contribution is 2.40. The number of ether oxygens (including phenoxy) is 1. The van der Waals surface area contributed by atoms with Crippen molar-refractivity contribution in [2.75, 3.05) is 5.75 Å². The van der Waals surface area contributed by atoms with Crippen LogP contribution in [0.1, 0.15) is 24.2 Å². The Bertz CT molecular complexity index is 1060. The standard InChI is InChI=1S/C21H18ClNO5S/c1-13-12-29(26,27)20-16(22)19(24)23(20)17(13)21(25)28-18(14-8-4-2-5-9-14)15-10-6-3-7-11-15/h2-11,16,18,20H,12H2,1H3/t16-,20+/m0/s1. The van der Waals surface area contributed by atoms with Gasteiger partial charge in [-0.1, -0.05) is 60.7 Å². The highest BCUT2D eigenvalue weighted by atomic mass is 35.5. The van der Waals surface area contributed by atoms with Gasteiger partial charge in [-0.2, -0.15) is 0 Å². The molecule has 0 aliphatic carbocycles. The predicted molar refractivity (Wildman–Crippen MR) is 108 cm³/mol.